The zero-order valence-electron chi connectivity index (χ0n) is 11.8. The van der Waals surface area contributed by atoms with Crippen molar-refractivity contribution in [2.75, 3.05) is 26.2 Å². The van der Waals surface area contributed by atoms with E-state index in [1.54, 1.807) is 0 Å². The van der Waals surface area contributed by atoms with Crippen molar-refractivity contribution in [1.82, 2.24) is 10.2 Å². The molecular weight excluding hydrogens is 224 g/mol. The molecule has 18 heavy (non-hydrogen) atoms. The van der Waals surface area contributed by atoms with Crippen molar-refractivity contribution in [2.45, 2.75) is 69.6 Å². The summed E-state index contributed by atoms with van der Waals surface area (Å²) in [4.78, 5) is 2.78. The zero-order chi connectivity index (χ0) is 12.4. The number of hydrogen-bond donors (Lipinski definition) is 1. The fourth-order valence-electron chi connectivity index (χ4n) is 4.07. The normalized spacial score (nSPS) is 37.2. The number of piperazine rings is 1. The van der Waals surface area contributed by atoms with E-state index < -0.39 is 0 Å². The minimum absolute atomic E-state index is 0.455. The highest BCUT2D eigenvalue weighted by Gasteiger charge is 2.42. The van der Waals surface area contributed by atoms with E-state index in [1.165, 1.54) is 64.6 Å². The van der Waals surface area contributed by atoms with Crippen molar-refractivity contribution < 1.29 is 4.74 Å². The molecule has 1 aliphatic carbocycles. The molecule has 0 bridgehead atoms. The number of nitrogens with one attached hydrogen (secondary N) is 1. The lowest BCUT2D eigenvalue weighted by Gasteiger charge is -2.52. The van der Waals surface area contributed by atoms with Gasteiger partial charge in [0.1, 0.15) is 0 Å². The molecule has 1 spiro atoms. The molecule has 0 amide bonds. The highest BCUT2D eigenvalue weighted by atomic mass is 16.5. The van der Waals surface area contributed by atoms with Crippen LogP contribution in [0.4, 0.5) is 0 Å². The molecule has 1 N–H and O–H groups in total. The van der Waals surface area contributed by atoms with E-state index in [4.69, 9.17) is 4.74 Å². The second-order valence-corrected chi connectivity index (χ2v) is 6.61. The van der Waals surface area contributed by atoms with Gasteiger partial charge in [0, 0.05) is 37.8 Å². The summed E-state index contributed by atoms with van der Waals surface area (Å²) in [6.07, 6.45) is 10.1. The van der Waals surface area contributed by atoms with Gasteiger partial charge >= 0.3 is 0 Å². The lowest BCUT2D eigenvalue weighted by Crippen LogP contribution is -2.65. The van der Waals surface area contributed by atoms with Crippen LogP contribution in [-0.4, -0.2) is 48.8 Å². The molecular formula is C15H28N2O. The Morgan fingerprint density at radius 1 is 1.22 bits per heavy atom. The molecule has 3 fully saturated rings. The van der Waals surface area contributed by atoms with Gasteiger partial charge in [-0.2, -0.15) is 0 Å². The van der Waals surface area contributed by atoms with Gasteiger partial charge in [-0.3, -0.25) is 4.90 Å². The fraction of sp³-hybridized carbons (Fsp3) is 1.00. The fourth-order valence-corrected chi connectivity index (χ4v) is 4.07. The van der Waals surface area contributed by atoms with Crippen LogP contribution in [0.15, 0.2) is 0 Å². The van der Waals surface area contributed by atoms with Gasteiger partial charge in [0.15, 0.2) is 0 Å². The zero-order valence-corrected chi connectivity index (χ0v) is 11.8. The van der Waals surface area contributed by atoms with Crippen molar-refractivity contribution in [3.8, 4) is 0 Å². The Hall–Kier alpha value is -0.120. The van der Waals surface area contributed by atoms with E-state index in [2.05, 4.69) is 17.1 Å². The van der Waals surface area contributed by atoms with Crippen LogP contribution in [0.5, 0.6) is 0 Å². The second-order valence-electron chi connectivity index (χ2n) is 6.61. The Morgan fingerprint density at radius 3 is 2.78 bits per heavy atom. The van der Waals surface area contributed by atoms with Crippen molar-refractivity contribution >= 4 is 0 Å². The summed E-state index contributed by atoms with van der Waals surface area (Å²) in [6.45, 7) is 6.88. The van der Waals surface area contributed by atoms with Gasteiger partial charge < -0.3 is 10.1 Å². The van der Waals surface area contributed by atoms with Crippen LogP contribution in [0.3, 0.4) is 0 Å². The van der Waals surface area contributed by atoms with Gasteiger partial charge in [-0.25, -0.2) is 0 Å². The Balaban J connectivity index is 1.68. The van der Waals surface area contributed by atoms with Gasteiger partial charge in [-0.1, -0.05) is 19.3 Å². The van der Waals surface area contributed by atoms with Gasteiger partial charge in [0.25, 0.3) is 0 Å². The van der Waals surface area contributed by atoms with Crippen LogP contribution in [0, 0.1) is 0 Å². The highest BCUT2D eigenvalue weighted by molar-refractivity contribution is 5.00. The van der Waals surface area contributed by atoms with Crippen LogP contribution in [0.1, 0.15) is 51.9 Å². The maximum absolute atomic E-state index is 5.86. The summed E-state index contributed by atoms with van der Waals surface area (Å²) >= 11 is 0. The first-order chi connectivity index (χ1) is 8.78. The standard InChI is InChI=1S/C15H28N2O/c1-13-10-17(11-14-6-5-9-18-14)15(12-16-13)7-3-2-4-8-15/h13-14,16H,2-12H2,1H3. The number of ether oxygens (including phenoxy) is 1. The molecule has 0 aromatic rings. The average Bonchev–Trinajstić information content (AvgIpc) is 2.89. The third-order valence-corrected chi connectivity index (χ3v) is 5.18. The topological polar surface area (TPSA) is 24.5 Å². The number of hydrogen-bond acceptors (Lipinski definition) is 3. The quantitative estimate of drug-likeness (QED) is 0.815. The number of nitrogens with zero attached hydrogens (tertiary/aromatic N) is 1. The molecule has 1 saturated carbocycles. The molecule has 2 saturated heterocycles. The molecule has 2 atom stereocenters. The van der Waals surface area contributed by atoms with E-state index >= 15 is 0 Å². The van der Waals surface area contributed by atoms with Crippen LogP contribution >= 0.6 is 0 Å². The summed E-state index contributed by atoms with van der Waals surface area (Å²) in [6, 6.07) is 0.638. The molecule has 3 nitrogen and oxygen atoms in total. The van der Waals surface area contributed by atoms with Crippen molar-refractivity contribution in [2.24, 2.45) is 0 Å². The van der Waals surface area contributed by atoms with Crippen LogP contribution in [0.2, 0.25) is 0 Å². The third kappa shape index (κ3) is 2.59. The smallest absolute Gasteiger partial charge is 0.0703 e. The Morgan fingerprint density at radius 2 is 2.06 bits per heavy atom. The summed E-state index contributed by atoms with van der Waals surface area (Å²) < 4.78 is 5.86. The largest absolute Gasteiger partial charge is 0.377 e. The monoisotopic (exact) mass is 252 g/mol. The van der Waals surface area contributed by atoms with Crippen LogP contribution < -0.4 is 5.32 Å². The third-order valence-electron chi connectivity index (χ3n) is 5.18. The van der Waals surface area contributed by atoms with Crippen molar-refractivity contribution in [3.63, 3.8) is 0 Å². The molecule has 2 heterocycles. The van der Waals surface area contributed by atoms with Crippen molar-refractivity contribution in [3.05, 3.63) is 0 Å². The van der Waals surface area contributed by atoms with Gasteiger partial charge in [-0.15, -0.1) is 0 Å². The molecule has 0 radical (unpaired) electrons. The van der Waals surface area contributed by atoms with E-state index in [9.17, 15) is 0 Å². The lowest BCUT2D eigenvalue weighted by atomic mass is 9.78. The van der Waals surface area contributed by atoms with Crippen LogP contribution in [0.25, 0.3) is 0 Å². The minimum atomic E-state index is 0.455. The molecule has 3 heteroatoms. The van der Waals surface area contributed by atoms with E-state index in [1.807, 2.05) is 0 Å². The summed E-state index contributed by atoms with van der Waals surface area (Å²) in [7, 11) is 0. The molecule has 2 unspecified atom stereocenters. The van der Waals surface area contributed by atoms with E-state index in [0.29, 0.717) is 17.7 Å². The van der Waals surface area contributed by atoms with Crippen molar-refractivity contribution in [1.29, 1.82) is 0 Å². The molecule has 2 aliphatic heterocycles. The van der Waals surface area contributed by atoms with Gasteiger partial charge in [0.2, 0.25) is 0 Å². The minimum Gasteiger partial charge on any atom is -0.377 e. The average molecular weight is 252 g/mol. The molecule has 0 aromatic heterocycles. The maximum atomic E-state index is 5.86. The predicted molar refractivity (Wildman–Crippen MR) is 73.8 cm³/mol. The number of rotatable bonds is 2. The van der Waals surface area contributed by atoms with Crippen LogP contribution in [-0.2, 0) is 4.74 Å². The van der Waals surface area contributed by atoms with Gasteiger partial charge in [0.05, 0.1) is 6.10 Å². The summed E-state index contributed by atoms with van der Waals surface area (Å²) in [5, 5.41) is 3.71. The Kier molecular flexibility index (Phi) is 3.92. The highest BCUT2D eigenvalue weighted by Crippen LogP contribution is 2.36. The SMILES string of the molecule is CC1CN(CC2CCCO2)C2(CCCCC2)CN1. The maximum Gasteiger partial charge on any atom is 0.0703 e. The molecule has 0 aromatic carbocycles. The predicted octanol–water partition coefficient (Wildman–Crippen LogP) is 2.16. The first-order valence-electron chi connectivity index (χ1n) is 7.89. The lowest BCUT2D eigenvalue weighted by molar-refractivity contribution is -0.0244. The summed E-state index contributed by atoms with van der Waals surface area (Å²) in [5.74, 6) is 0. The molecule has 3 aliphatic rings. The first kappa shape index (κ1) is 12.9. The Bertz CT molecular complexity index is 270. The second kappa shape index (κ2) is 5.48. The molecule has 104 valence electrons. The summed E-state index contributed by atoms with van der Waals surface area (Å²) in [5.41, 5.74) is 0.455. The van der Waals surface area contributed by atoms with Gasteiger partial charge in [-0.05, 0) is 32.6 Å². The van der Waals surface area contributed by atoms with E-state index in [0.717, 1.165) is 6.61 Å². The first-order valence-corrected chi connectivity index (χ1v) is 7.89. The Labute approximate surface area is 111 Å². The van der Waals surface area contributed by atoms with E-state index in [-0.39, 0.29) is 0 Å². The molecule has 3 rings (SSSR count).